The van der Waals surface area contributed by atoms with Crippen molar-refractivity contribution in [2.45, 2.75) is 39.2 Å². The van der Waals surface area contributed by atoms with E-state index in [9.17, 15) is 0 Å². The van der Waals surface area contributed by atoms with Crippen LogP contribution in [-0.4, -0.2) is 26.7 Å². The first-order valence-electron chi connectivity index (χ1n) is 7.38. The molecule has 0 bridgehead atoms. The zero-order chi connectivity index (χ0) is 14.6. The Kier molecular flexibility index (Phi) is 8.27. The van der Waals surface area contributed by atoms with E-state index in [0.29, 0.717) is 6.54 Å². The third-order valence-corrected chi connectivity index (χ3v) is 3.19. The Labute approximate surface area is 122 Å². The molecule has 1 rings (SSSR count). The van der Waals surface area contributed by atoms with Gasteiger partial charge in [-0.25, -0.2) is 0 Å². The number of rotatable bonds is 8. The predicted molar refractivity (Wildman–Crippen MR) is 85.3 cm³/mol. The van der Waals surface area contributed by atoms with Gasteiger partial charge in [-0.1, -0.05) is 44.4 Å². The first-order valence-corrected chi connectivity index (χ1v) is 7.38. The summed E-state index contributed by atoms with van der Waals surface area (Å²) in [4.78, 5) is 4.23. The van der Waals surface area contributed by atoms with E-state index in [1.165, 1.54) is 25.7 Å². The summed E-state index contributed by atoms with van der Waals surface area (Å²) >= 11 is 0. The second-order valence-corrected chi connectivity index (χ2v) is 4.73. The van der Waals surface area contributed by atoms with E-state index in [2.05, 4.69) is 28.6 Å². The third kappa shape index (κ3) is 5.95. The minimum atomic E-state index is 0.707. The lowest BCUT2D eigenvalue weighted by atomic mass is 10.2. The van der Waals surface area contributed by atoms with Crippen molar-refractivity contribution in [2.75, 3.05) is 20.7 Å². The maximum atomic E-state index is 5.34. The molecular weight excluding hydrogens is 250 g/mol. The first kappa shape index (κ1) is 16.3. The lowest BCUT2D eigenvalue weighted by molar-refractivity contribution is 0.409. The van der Waals surface area contributed by atoms with Gasteiger partial charge in [-0.3, -0.25) is 4.99 Å². The van der Waals surface area contributed by atoms with Crippen molar-refractivity contribution in [1.29, 1.82) is 0 Å². The maximum absolute atomic E-state index is 5.34. The molecule has 20 heavy (non-hydrogen) atoms. The molecule has 0 aromatic heterocycles. The Hall–Kier alpha value is -1.71. The fraction of sp³-hybridized carbons (Fsp3) is 0.562. The fourth-order valence-electron chi connectivity index (χ4n) is 2.01. The van der Waals surface area contributed by atoms with Crippen LogP contribution < -0.4 is 15.4 Å². The van der Waals surface area contributed by atoms with Crippen LogP contribution in [0.4, 0.5) is 0 Å². The van der Waals surface area contributed by atoms with Gasteiger partial charge >= 0.3 is 0 Å². The number of hydrogen-bond acceptors (Lipinski definition) is 2. The van der Waals surface area contributed by atoms with E-state index >= 15 is 0 Å². The highest BCUT2D eigenvalue weighted by Gasteiger charge is 2.02. The van der Waals surface area contributed by atoms with Gasteiger partial charge in [0, 0.05) is 25.7 Å². The standard InChI is InChI=1S/C16H27N3O/c1-4-5-6-9-12-18-16(17-2)19-13-14-10-7-8-11-15(14)20-3/h7-8,10-11H,4-6,9,12-13H2,1-3H3,(H2,17,18,19). The van der Waals surface area contributed by atoms with Crippen LogP contribution in [0.3, 0.4) is 0 Å². The largest absolute Gasteiger partial charge is 0.496 e. The molecule has 0 amide bonds. The van der Waals surface area contributed by atoms with E-state index in [0.717, 1.165) is 23.8 Å². The van der Waals surface area contributed by atoms with Crippen LogP contribution in [0.5, 0.6) is 5.75 Å². The van der Waals surface area contributed by atoms with Crippen molar-refractivity contribution in [3.63, 3.8) is 0 Å². The van der Waals surface area contributed by atoms with Gasteiger partial charge in [-0.05, 0) is 12.5 Å². The zero-order valence-electron chi connectivity index (χ0n) is 12.9. The topological polar surface area (TPSA) is 45.7 Å². The van der Waals surface area contributed by atoms with Crippen molar-refractivity contribution < 1.29 is 4.74 Å². The van der Waals surface area contributed by atoms with Gasteiger partial charge in [0.2, 0.25) is 0 Å². The molecule has 0 saturated heterocycles. The summed E-state index contributed by atoms with van der Waals surface area (Å²) in [5.41, 5.74) is 1.13. The highest BCUT2D eigenvalue weighted by atomic mass is 16.5. The molecule has 4 heteroatoms. The Balaban J connectivity index is 2.34. The number of para-hydroxylation sites is 1. The Morgan fingerprint density at radius 1 is 1.15 bits per heavy atom. The van der Waals surface area contributed by atoms with Gasteiger partial charge < -0.3 is 15.4 Å². The van der Waals surface area contributed by atoms with Gasteiger partial charge in [0.15, 0.2) is 5.96 Å². The van der Waals surface area contributed by atoms with E-state index in [4.69, 9.17) is 4.74 Å². The minimum Gasteiger partial charge on any atom is -0.496 e. The van der Waals surface area contributed by atoms with Gasteiger partial charge in [-0.15, -0.1) is 0 Å². The van der Waals surface area contributed by atoms with Gasteiger partial charge in [0.05, 0.1) is 7.11 Å². The number of nitrogens with zero attached hydrogens (tertiary/aromatic N) is 1. The molecule has 0 fully saturated rings. The number of unbranched alkanes of at least 4 members (excludes halogenated alkanes) is 3. The number of guanidine groups is 1. The van der Waals surface area contributed by atoms with Crippen LogP contribution >= 0.6 is 0 Å². The summed E-state index contributed by atoms with van der Waals surface area (Å²) < 4.78 is 5.34. The van der Waals surface area contributed by atoms with E-state index in [1.807, 2.05) is 18.2 Å². The number of aliphatic imine (C=N–C) groups is 1. The molecule has 4 nitrogen and oxygen atoms in total. The number of benzene rings is 1. The fourth-order valence-corrected chi connectivity index (χ4v) is 2.01. The Morgan fingerprint density at radius 3 is 2.65 bits per heavy atom. The monoisotopic (exact) mass is 277 g/mol. The molecule has 1 aromatic carbocycles. The lowest BCUT2D eigenvalue weighted by Crippen LogP contribution is -2.37. The Bertz CT molecular complexity index is 404. The summed E-state index contributed by atoms with van der Waals surface area (Å²) in [5, 5.41) is 6.64. The molecule has 0 heterocycles. The summed E-state index contributed by atoms with van der Waals surface area (Å²) in [6, 6.07) is 8.02. The lowest BCUT2D eigenvalue weighted by Gasteiger charge is -2.13. The molecule has 0 aliphatic rings. The van der Waals surface area contributed by atoms with Crippen LogP contribution in [0.2, 0.25) is 0 Å². The van der Waals surface area contributed by atoms with Gasteiger partial charge in [-0.2, -0.15) is 0 Å². The minimum absolute atomic E-state index is 0.707. The number of nitrogens with one attached hydrogen (secondary N) is 2. The van der Waals surface area contributed by atoms with Crippen LogP contribution in [0.15, 0.2) is 29.3 Å². The predicted octanol–water partition coefficient (Wildman–Crippen LogP) is 2.94. The molecule has 0 unspecified atom stereocenters. The SMILES string of the molecule is CCCCCCNC(=NC)NCc1ccccc1OC. The van der Waals surface area contributed by atoms with Crippen molar-refractivity contribution in [3.8, 4) is 5.75 Å². The number of ether oxygens (including phenoxy) is 1. The highest BCUT2D eigenvalue weighted by Crippen LogP contribution is 2.16. The molecule has 1 aromatic rings. The van der Waals surface area contributed by atoms with E-state index < -0.39 is 0 Å². The molecule has 0 saturated carbocycles. The quantitative estimate of drug-likeness (QED) is 0.436. The van der Waals surface area contributed by atoms with E-state index in [1.54, 1.807) is 14.2 Å². The summed E-state index contributed by atoms with van der Waals surface area (Å²) in [7, 11) is 3.49. The summed E-state index contributed by atoms with van der Waals surface area (Å²) in [6.07, 6.45) is 5.02. The van der Waals surface area contributed by atoms with Crippen LogP contribution in [0.1, 0.15) is 38.2 Å². The van der Waals surface area contributed by atoms with Crippen LogP contribution in [0, 0.1) is 0 Å². The molecule has 0 spiro atoms. The van der Waals surface area contributed by atoms with Crippen molar-refractivity contribution in [1.82, 2.24) is 10.6 Å². The van der Waals surface area contributed by atoms with Crippen molar-refractivity contribution in [3.05, 3.63) is 29.8 Å². The smallest absolute Gasteiger partial charge is 0.191 e. The van der Waals surface area contributed by atoms with Crippen molar-refractivity contribution in [2.24, 2.45) is 4.99 Å². The van der Waals surface area contributed by atoms with Crippen molar-refractivity contribution >= 4 is 5.96 Å². The molecule has 112 valence electrons. The molecule has 0 atom stereocenters. The molecule has 2 N–H and O–H groups in total. The molecule has 0 aliphatic carbocycles. The van der Waals surface area contributed by atoms with Gasteiger partial charge in [0.25, 0.3) is 0 Å². The molecule has 0 aliphatic heterocycles. The summed E-state index contributed by atoms with van der Waals surface area (Å²) in [6.45, 7) is 3.89. The number of hydrogen-bond donors (Lipinski definition) is 2. The second kappa shape index (κ2) is 10.1. The van der Waals surface area contributed by atoms with Gasteiger partial charge in [0.1, 0.15) is 5.75 Å². The van der Waals surface area contributed by atoms with Crippen LogP contribution in [-0.2, 0) is 6.54 Å². The van der Waals surface area contributed by atoms with E-state index in [-0.39, 0.29) is 0 Å². The normalized spacial score (nSPS) is 11.2. The average Bonchev–Trinajstić information content (AvgIpc) is 2.50. The van der Waals surface area contributed by atoms with Crippen LogP contribution in [0.25, 0.3) is 0 Å². The molecule has 0 radical (unpaired) electrons. The summed E-state index contributed by atoms with van der Waals surface area (Å²) in [5.74, 6) is 1.74. The second-order valence-electron chi connectivity index (χ2n) is 4.73. The first-order chi connectivity index (χ1) is 9.81. The highest BCUT2D eigenvalue weighted by molar-refractivity contribution is 5.79. The number of methoxy groups -OCH3 is 1. The Morgan fingerprint density at radius 2 is 1.95 bits per heavy atom. The maximum Gasteiger partial charge on any atom is 0.191 e. The molecular formula is C16H27N3O. The average molecular weight is 277 g/mol. The third-order valence-electron chi connectivity index (χ3n) is 3.19. The zero-order valence-corrected chi connectivity index (χ0v) is 12.9.